The number of hydrogen-bond donors (Lipinski definition) is 4. The molecule has 220 valence electrons. The molecule has 0 spiro atoms. The summed E-state index contributed by atoms with van der Waals surface area (Å²) in [5, 5.41) is 21.1. The van der Waals surface area contributed by atoms with Gasteiger partial charge in [0.05, 0.1) is 12.9 Å². The molecule has 1 aliphatic rings. The predicted molar refractivity (Wildman–Crippen MR) is 149 cm³/mol. The maximum Gasteiger partial charge on any atom is 0.462 e. The molecule has 1 aromatic carbocycles. The van der Waals surface area contributed by atoms with E-state index in [1.54, 1.807) is 37.3 Å². The zero-order chi connectivity index (χ0) is 29.9. The molecule has 1 unspecified atom stereocenters. The Hall–Kier alpha value is -3.73. The van der Waals surface area contributed by atoms with Gasteiger partial charge in [0.25, 0.3) is 5.56 Å². The van der Waals surface area contributed by atoms with Crippen LogP contribution in [0.3, 0.4) is 0 Å². The quantitative estimate of drug-likeness (QED) is 0.178. The SMILES string of the molecule is C#C[C@]1(C)[C@H](O)[C@@H](CO[P@@](=O)(Oc2ccccc2)N(CCCC)C(C)C(=O)O)O[C@H]1n1cnc2c(=O)[nH]c(N)nc21. The van der Waals surface area contributed by atoms with Crippen LogP contribution in [0.4, 0.5) is 5.95 Å². The molecular weight excluding hydrogens is 555 g/mol. The number of carboxylic acids is 1. The van der Waals surface area contributed by atoms with E-state index >= 15 is 0 Å². The number of anilines is 1. The monoisotopic (exact) mass is 588 g/mol. The number of fused-ring (bicyclic) bond motifs is 1. The fraction of sp³-hybridized carbons (Fsp3) is 0.462. The molecule has 3 heterocycles. The van der Waals surface area contributed by atoms with Gasteiger partial charge in [-0.1, -0.05) is 37.5 Å². The average Bonchev–Trinajstić information content (AvgIpc) is 3.46. The highest BCUT2D eigenvalue weighted by atomic mass is 31.2. The zero-order valence-corrected chi connectivity index (χ0v) is 23.7. The summed E-state index contributed by atoms with van der Waals surface area (Å²) in [6.07, 6.45) is 4.81. The van der Waals surface area contributed by atoms with E-state index in [4.69, 9.17) is 25.9 Å². The Balaban J connectivity index is 1.67. The number of hydrogen-bond acceptors (Lipinski definition) is 10. The number of carboxylic acid groups (broad SMARTS) is 1. The first-order valence-electron chi connectivity index (χ1n) is 13.0. The number of imidazole rings is 1. The lowest BCUT2D eigenvalue weighted by Gasteiger charge is -2.33. The second kappa shape index (κ2) is 12.0. The minimum absolute atomic E-state index is 0.00801. The van der Waals surface area contributed by atoms with Gasteiger partial charge in [0.2, 0.25) is 5.95 Å². The zero-order valence-electron chi connectivity index (χ0n) is 22.8. The standard InChI is InChI=1S/C26H33N6O8P/c1-5-7-13-32(16(3)23(35)36)41(37,40-17-11-9-8-10-12-17)38-14-18-20(33)26(4,6-2)24(39-18)31-15-28-19-21(31)29-25(27)30-22(19)34/h2,8-12,15-16,18,20,24,33H,5,7,13-14H2,1,3-4H3,(H,35,36)(H3,27,29,30,34)/t16?,18-,20-,24-,26-,41-/m1/s1. The summed E-state index contributed by atoms with van der Waals surface area (Å²) in [7, 11) is -4.34. The molecule has 2 aromatic heterocycles. The minimum Gasteiger partial charge on any atom is -0.480 e. The summed E-state index contributed by atoms with van der Waals surface area (Å²) in [5.74, 6) is 1.40. The van der Waals surface area contributed by atoms with Gasteiger partial charge in [-0.15, -0.1) is 6.42 Å². The highest BCUT2D eigenvalue weighted by Crippen LogP contribution is 2.55. The van der Waals surface area contributed by atoms with Gasteiger partial charge in [-0.2, -0.15) is 9.65 Å². The summed E-state index contributed by atoms with van der Waals surface area (Å²) >= 11 is 0. The lowest BCUT2D eigenvalue weighted by molar-refractivity contribution is -0.141. The molecule has 0 saturated carbocycles. The van der Waals surface area contributed by atoms with Crippen molar-refractivity contribution in [1.29, 1.82) is 0 Å². The van der Waals surface area contributed by atoms with E-state index in [1.807, 2.05) is 6.92 Å². The van der Waals surface area contributed by atoms with Crippen LogP contribution in [-0.2, 0) is 18.6 Å². The number of nitrogens with one attached hydrogen (secondary N) is 1. The van der Waals surface area contributed by atoms with Crippen LogP contribution in [-0.4, -0.2) is 71.8 Å². The topological polar surface area (TPSA) is 195 Å². The van der Waals surface area contributed by atoms with Crippen LogP contribution in [0, 0.1) is 17.8 Å². The van der Waals surface area contributed by atoms with Crippen LogP contribution in [0.2, 0.25) is 0 Å². The van der Waals surface area contributed by atoms with Crippen molar-refractivity contribution in [3.8, 4) is 18.1 Å². The molecule has 1 aliphatic heterocycles. The van der Waals surface area contributed by atoms with Crippen LogP contribution in [0.1, 0.15) is 39.8 Å². The number of aliphatic carboxylic acids is 1. The van der Waals surface area contributed by atoms with Crippen LogP contribution >= 0.6 is 7.75 Å². The van der Waals surface area contributed by atoms with Gasteiger partial charge < -0.3 is 25.2 Å². The summed E-state index contributed by atoms with van der Waals surface area (Å²) in [6, 6.07) is 7.00. The Morgan fingerprint density at radius 2 is 2.12 bits per heavy atom. The number of unbranched alkanes of at least 4 members (excludes halogenated alkanes) is 1. The third-order valence-corrected chi connectivity index (χ3v) is 9.12. The van der Waals surface area contributed by atoms with Crippen molar-refractivity contribution in [2.45, 2.75) is 58.1 Å². The number of aliphatic hydroxyl groups is 1. The van der Waals surface area contributed by atoms with Crippen LogP contribution in [0.25, 0.3) is 11.2 Å². The maximum atomic E-state index is 14.4. The van der Waals surface area contributed by atoms with Crippen molar-refractivity contribution in [3.63, 3.8) is 0 Å². The molecule has 0 amide bonds. The normalized spacial score (nSPS) is 24.6. The molecule has 3 aromatic rings. The lowest BCUT2D eigenvalue weighted by atomic mass is 9.83. The van der Waals surface area contributed by atoms with Crippen LogP contribution < -0.4 is 15.8 Å². The number of para-hydroxylation sites is 1. The van der Waals surface area contributed by atoms with Gasteiger partial charge in [-0.3, -0.25) is 23.7 Å². The van der Waals surface area contributed by atoms with E-state index < -0.39 is 55.8 Å². The number of benzene rings is 1. The first-order valence-corrected chi connectivity index (χ1v) is 14.5. The number of aromatic nitrogens is 4. The number of aromatic amines is 1. The molecular formula is C26H33N6O8P. The van der Waals surface area contributed by atoms with Gasteiger partial charge in [0.1, 0.15) is 29.4 Å². The number of aliphatic hydroxyl groups excluding tert-OH is 1. The van der Waals surface area contributed by atoms with Crippen molar-refractivity contribution in [3.05, 3.63) is 47.0 Å². The highest BCUT2D eigenvalue weighted by molar-refractivity contribution is 7.51. The van der Waals surface area contributed by atoms with E-state index in [1.165, 1.54) is 22.5 Å². The van der Waals surface area contributed by atoms with E-state index in [2.05, 4.69) is 20.9 Å². The van der Waals surface area contributed by atoms with E-state index in [-0.39, 0.29) is 29.4 Å². The summed E-state index contributed by atoms with van der Waals surface area (Å²) in [6.45, 7) is 4.50. The second-order valence-corrected chi connectivity index (χ2v) is 11.8. The first-order chi connectivity index (χ1) is 19.4. The molecule has 1 saturated heterocycles. The third-order valence-electron chi connectivity index (χ3n) is 7.02. The van der Waals surface area contributed by atoms with E-state index in [0.29, 0.717) is 12.8 Å². The predicted octanol–water partition coefficient (Wildman–Crippen LogP) is 2.38. The molecule has 1 fully saturated rings. The second-order valence-electron chi connectivity index (χ2n) is 9.87. The smallest absolute Gasteiger partial charge is 0.462 e. The van der Waals surface area contributed by atoms with Crippen LogP contribution in [0.15, 0.2) is 41.5 Å². The largest absolute Gasteiger partial charge is 0.480 e. The molecule has 4 rings (SSSR count). The molecule has 41 heavy (non-hydrogen) atoms. The van der Waals surface area contributed by atoms with E-state index in [9.17, 15) is 24.4 Å². The third kappa shape index (κ3) is 5.86. The number of ether oxygens (including phenoxy) is 1. The van der Waals surface area contributed by atoms with Crippen molar-refractivity contribution < 1.29 is 33.4 Å². The van der Waals surface area contributed by atoms with Gasteiger partial charge in [-0.05, 0) is 32.4 Å². The average molecular weight is 589 g/mol. The number of nitrogens with two attached hydrogens (primary N) is 1. The molecule has 5 N–H and O–H groups in total. The van der Waals surface area contributed by atoms with Crippen molar-refractivity contribution in [1.82, 2.24) is 24.2 Å². The molecule has 15 heteroatoms. The van der Waals surface area contributed by atoms with Gasteiger partial charge in [0, 0.05) is 6.54 Å². The summed E-state index contributed by atoms with van der Waals surface area (Å²) in [5.41, 5.74) is 3.87. The molecule has 6 atom stereocenters. The van der Waals surface area contributed by atoms with Gasteiger partial charge in [-0.25, -0.2) is 9.55 Å². The van der Waals surface area contributed by atoms with Crippen molar-refractivity contribution >= 4 is 30.8 Å². The number of nitrogens with zero attached hydrogens (tertiary/aromatic N) is 4. The number of H-pyrrole nitrogens is 1. The Kier molecular flexibility index (Phi) is 8.86. The summed E-state index contributed by atoms with van der Waals surface area (Å²) < 4.78 is 34.8. The Morgan fingerprint density at radius 1 is 1.41 bits per heavy atom. The number of carbonyl (C=O) groups is 1. The van der Waals surface area contributed by atoms with Gasteiger partial charge in [0.15, 0.2) is 17.4 Å². The number of nitrogen functional groups attached to an aromatic ring is 1. The Morgan fingerprint density at radius 3 is 2.76 bits per heavy atom. The molecule has 0 bridgehead atoms. The van der Waals surface area contributed by atoms with Crippen LogP contribution in [0.5, 0.6) is 5.75 Å². The molecule has 14 nitrogen and oxygen atoms in total. The molecule has 0 radical (unpaired) electrons. The fourth-order valence-electron chi connectivity index (χ4n) is 4.58. The van der Waals surface area contributed by atoms with Crippen molar-refractivity contribution in [2.75, 3.05) is 18.9 Å². The van der Waals surface area contributed by atoms with E-state index in [0.717, 1.165) is 0 Å². The first kappa shape index (κ1) is 30.2. The van der Waals surface area contributed by atoms with Gasteiger partial charge >= 0.3 is 13.7 Å². The Bertz CT molecular complexity index is 1540. The minimum atomic E-state index is -4.34. The highest BCUT2D eigenvalue weighted by Gasteiger charge is 2.55. The maximum absolute atomic E-state index is 14.4. The fourth-order valence-corrected chi connectivity index (χ4v) is 6.52. The Labute approximate surface area is 236 Å². The number of terminal acetylenes is 1. The summed E-state index contributed by atoms with van der Waals surface area (Å²) in [4.78, 5) is 34.9. The molecule has 0 aliphatic carbocycles. The van der Waals surface area contributed by atoms with Crippen molar-refractivity contribution in [2.24, 2.45) is 5.41 Å². The number of rotatable bonds is 12. The lowest BCUT2D eigenvalue weighted by Crippen LogP contribution is -2.41.